The second kappa shape index (κ2) is 9.42. The van der Waals surface area contributed by atoms with Crippen LogP contribution in [0.1, 0.15) is 6.92 Å². The van der Waals surface area contributed by atoms with Crippen LogP contribution in [0.4, 0.5) is 0 Å². The zero-order valence-electron chi connectivity index (χ0n) is 22.8. The summed E-state index contributed by atoms with van der Waals surface area (Å²) in [5.74, 6) is 1.00. The summed E-state index contributed by atoms with van der Waals surface area (Å²) in [5.41, 5.74) is 8.76. The van der Waals surface area contributed by atoms with Crippen molar-refractivity contribution in [1.82, 2.24) is 14.5 Å². The van der Waals surface area contributed by atoms with Crippen molar-refractivity contribution in [1.29, 1.82) is 0 Å². The van der Waals surface area contributed by atoms with Gasteiger partial charge in [0.15, 0.2) is 0 Å². The summed E-state index contributed by atoms with van der Waals surface area (Å²) in [6.45, 7) is 3.04. The monoisotopic (exact) mass is 525 g/mol. The van der Waals surface area contributed by atoms with Crippen LogP contribution >= 0.6 is 0 Å². The fraction of sp³-hybridized carbons (Fsp3) is 0.0526. The van der Waals surface area contributed by atoms with Crippen LogP contribution in [-0.4, -0.2) is 14.5 Å². The Morgan fingerprint density at radius 2 is 1.17 bits per heavy atom. The average Bonchev–Trinajstić information content (AvgIpc) is 3.43. The van der Waals surface area contributed by atoms with E-state index in [4.69, 9.17) is 9.97 Å². The van der Waals surface area contributed by atoms with E-state index >= 15 is 0 Å². The Hall–Kier alpha value is -5.28. The molecule has 0 bridgehead atoms. The minimum Gasteiger partial charge on any atom is -0.324 e. The van der Waals surface area contributed by atoms with Gasteiger partial charge in [0.2, 0.25) is 0 Å². The third kappa shape index (κ3) is 3.81. The minimum atomic E-state index is 0.866. The summed E-state index contributed by atoms with van der Waals surface area (Å²) in [5, 5.41) is 6.11. The number of benzene rings is 6. The molecule has 2 aromatic heterocycles. The number of aromatic nitrogens is 3. The topological polar surface area (TPSA) is 30.7 Å². The highest BCUT2D eigenvalue weighted by Gasteiger charge is 2.15. The first-order valence-electron chi connectivity index (χ1n) is 14.2. The maximum Gasteiger partial charge on any atom is 0.141 e. The summed E-state index contributed by atoms with van der Waals surface area (Å²) in [4.78, 5) is 10.2. The summed E-state index contributed by atoms with van der Waals surface area (Å²) >= 11 is 0. The molecule has 3 heteroatoms. The number of nitrogens with zero attached hydrogens (tertiary/aromatic N) is 3. The number of imidazole rings is 1. The third-order valence-corrected chi connectivity index (χ3v) is 8.15. The second-order valence-electron chi connectivity index (χ2n) is 10.5. The minimum absolute atomic E-state index is 0.866. The number of pyridine rings is 1. The van der Waals surface area contributed by atoms with Crippen LogP contribution in [0.2, 0.25) is 0 Å². The highest BCUT2D eigenvalue weighted by molar-refractivity contribution is 6.22. The van der Waals surface area contributed by atoms with Gasteiger partial charge in [0.05, 0.1) is 22.2 Å². The Labute approximate surface area is 238 Å². The molecule has 6 aromatic carbocycles. The summed E-state index contributed by atoms with van der Waals surface area (Å²) < 4.78 is 2.29. The largest absolute Gasteiger partial charge is 0.324 e. The summed E-state index contributed by atoms with van der Waals surface area (Å²) in [7, 11) is 0. The SMILES string of the molecule is CCn1c(-c2cccc(-c3cccc(-c4nc5ccccc5c5c4ccc4ccccc45)c3)c2)nc2ccccc21. The molecule has 8 rings (SSSR count). The van der Waals surface area contributed by atoms with E-state index in [1.165, 1.54) is 32.4 Å². The van der Waals surface area contributed by atoms with Crippen LogP contribution in [0.3, 0.4) is 0 Å². The van der Waals surface area contributed by atoms with Crippen molar-refractivity contribution < 1.29 is 0 Å². The molecule has 0 atom stereocenters. The predicted octanol–water partition coefficient (Wildman–Crippen LogP) is 9.91. The van der Waals surface area contributed by atoms with Gasteiger partial charge in [-0.2, -0.15) is 0 Å². The summed E-state index contributed by atoms with van der Waals surface area (Å²) in [6.07, 6.45) is 0. The number of hydrogen-bond acceptors (Lipinski definition) is 2. The third-order valence-electron chi connectivity index (χ3n) is 8.15. The smallest absolute Gasteiger partial charge is 0.141 e. The molecule has 0 aliphatic heterocycles. The first kappa shape index (κ1) is 23.6. The van der Waals surface area contributed by atoms with Crippen LogP contribution in [0.15, 0.2) is 133 Å². The molecular formula is C38H27N3. The maximum atomic E-state index is 5.21. The molecule has 0 unspecified atom stereocenters. The zero-order chi connectivity index (χ0) is 27.3. The van der Waals surface area contributed by atoms with E-state index in [9.17, 15) is 0 Å². The van der Waals surface area contributed by atoms with Gasteiger partial charge in [0.1, 0.15) is 5.82 Å². The molecule has 0 radical (unpaired) electrons. The van der Waals surface area contributed by atoms with Crippen molar-refractivity contribution in [3.8, 4) is 33.8 Å². The first-order chi connectivity index (χ1) is 20.3. The molecule has 3 nitrogen and oxygen atoms in total. The van der Waals surface area contributed by atoms with E-state index in [1.54, 1.807) is 0 Å². The lowest BCUT2D eigenvalue weighted by atomic mass is 9.94. The van der Waals surface area contributed by atoms with Crippen LogP contribution < -0.4 is 0 Å². The van der Waals surface area contributed by atoms with Gasteiger partial charge >= 0.3 is 0 Å². The van der Waals surface area contributed by atoms with E-state index in [1.807, 2.05) is 6.07 Å². The predicted molar refractivity (Wildman–Crippen MR) is 172 cm³/mol. The van der Waals surface area contributed by atoms with Crippen molar-refractivity contribution in [3.05, 3.63) is 133 Å². The van der Waals surface area contributed by atoms with Gasteiger partial charge in [-0.1, -0.05) is 103 Å². The number of fused-ring (bicyclic) bond motifs is 6. The van der Waals surface area contributed by atoms with Crippen molar-refractivity contribution in [3.63, 3.8) is 0 Å². The summed E-state index contributed by atoms with van der Waals surface area (Å²) in [6, 6.07) is 47.4. The number of hydrogen-bond donors (Lipinski definition) is 0. The van der Waals surface area contributed by atoms with Crippen LogP contribution in [0.25, 0.3) is 77.3 Å². The van der Waals surface area contributed by atoms with Crippen LogP contribution in [-0.2, 0) is 6.54 Å². The highest BCUT2D eigenvalue weighted by atomic mass is 15.1. The van der Waals surface area contributed by atoms with E-state index < -0.39 is 0 Å². The fourth-order valence-corrected chi connectivity index (χ4v) is 6.24. The van der Waals surface area contributed by atoms with Crippen molar-refractivity contribution in [2.45, 2.75) is 13.5 Å². The van der Waals surface area contributed by atoms with E-state index in [-0.39, 0.29) is 0 Å². The Morgan fingerprint density at radius 1 is 0.512 bits per heavy atom. The molecule has 0 amide bonds. The number of para-hydroxylation sites is 3. The normalized spacial score (nSPS) is 11.6. The number of aryl methyl sites for hydroxylation is 1. The van der Waals surface area contributed by atoms with E-state index in [2.05, 4.69) is 139 Å². The Bertz CT molecular complexity index is 2240. The second-order valence-corrected chi connectivity index (χ2v) is 10.5. The zero-order valence-corrected chi connectivity index (χ0v) is 22.8. The van der Waals surface area contributed by atoms with Crippen molar-refractivity contribution in [2.24, 2.45) is 0 Å². The van der Waals surface area contributed by atoms with Gasteiger partial charge in [-0.3, -0.25) is 0 Å². The van der Waals surface area contributed by atoms with E-state index in [0.29, 0.717) is 0 Å². The average molecular weight is 526 g/mol. The van der Waals surface area contributed by atoms with Crippen molar-refractivity contribution in [2.75, 3.05) is 0 Å². The molecule has 41 heavy (non-hydrogen) atoms. The number of rotatable bonds is 4. The lowest BCUT2D eigenvalue weighted by molar-refractivity contribution is 0.796. The molecule has 0 N–H and O–H groups in total. The van der Waals surface area contributed by atoms with Gasteiger partial charge in [-0.15, -0.1) is 0 Å². The highest BCUT2D eigenvalue weighted by Crippen LogP contribution is 2.38. The Balaban J connectivity index is 1.30. The molecule has 0 saturated carbocycles. The molecular weight excluding hydrogens is 498 g/mol. The standard InChI is InChI=1S/C38H27N3/c1-2-41-35-20-8-7-19-34(35)40-38(41)29-15-10-13-27(24-29)26-12-9-14-28(23-26)37-32-22-21-25-11-3-4-16-30(25)36(32)31-17-5-6-18-33(31)39-37/h3-24H,2H2,1H3. The van der Waals surface area contributed by atoms with Gasteiger partial charge in [0.25, 0.3) is 0 Å². The van der Waals surface area contributed by atoms with Crippen LogP contribution in [0, 0.1) is 0 Å². The quantitative estimate of drug-likeness (QED) is 0.214. The maximum absolute atomic E-state index is 5.21. The molecule has 0 fully saturated rings. The lowest BCUT2D eigenvalue weighted by Gasteiger charge is -2.14. The van der Waals surface area contributed by atoms with Gasteiger partial charge in [-0.05, 0) is 59.2 Å². The van der Waals surface area contributed by atoms with Gasteiger partial charge in [-0.25, -0.2) is 9.97 Å². The van der Waals surface area contributed by atoms with E-state index in [0.717, 1.165) is 51.4 Å². The van der Waals surface area contributed by atoms with Gasteiger partial charge in [0, 0.05) is 33.8 Å². The molecule has 8 aromatic rings. The molecule has 0 spiro atoms. The fourth-order valence-electron chi connectivity index (χ4n) is 6.24. The van der Waals surface area contributed by atoms with Gasteiger partial charge < -0.3 is 4.57 Å². The van der Waals surface area contributed by atoms with Crippen molar-refractivity contribution >= 4 is 43.5 Å². The molecule has 2 heterocycles. The molecule has 194 valence electrons. The van der Waals surface area contributed by atoms with Crippen LogP contribution in [0.5, 0.6) is 0 Å². The Kier molecular flexibility index (Phi) is 5.42. The first-order valence-corrected chi connectivity index (χ1v) is 14.2. The Morgan fingerprint density at radius 3 is 2.00 bits per heavy atom. The molecule has 0 saturated heterocycles. The molecule has 0 aliphatic carbocycles. The lowest BCUT2D eigenvalue weighted by Crippen LogP contribution is -1.97. The molecule has 0 aliphatic rings.